The van der Waals surface area contributed by atoms with E-state index >= 15 is 0 Å². The highest BCUT2D eigenvalue weighted by Crippen LogP contribution is 2.17. The fourth-order valence-electron chi connectivity index (χ4n) is 2.56. The molecule has 2 heterocycles. The molecular formula is C16H24N4O2. The fourth-order valence-corrected chi connectivity index (χ4v) is 2.56. The monoisotopic (exact) mass is 304 g/mol. The number of aliphatic hydroxyl groups excluding tert-OH is 2. The Bertz CT molecular complexity index is 539. The Labute approximate surface area is 130 Å². The van der Waals surface area contributed by atoms with Crippen molar-refractivity contribution >= 4 is 5.57 Å². The first-order chi connectivity index (χ1) is 10.7. The average molecular weight is 304 g/mol. The van der Waals surface area contributed by atoms with Gasteiger partial charge < -0.3 is 21.3 Å². The van der Waals surface area contributed by atoms with Crippen LogP contribution in [0.3, 0.4) is 0 Å². The lowest BCUT2D eigenvalue weighted by molar-refractivity contribution is 0.0993. The number of aliphatic hydroxyl groups is 2. The zero-order chi connectivity index (χ0) is 15.9. The van der Waals surface area contributed by atoms with E-state index in [1.54, 1.807) is 12.3 Å². The van der Waals surface area contributed by atoms with E-state index in [9.17, 15) is 10.2 Å². The normalized spacial score (nSPS) is 20.5. The Hall–Kier alpha value is -1.73. The first kappa shape index (κ1) is 16.6. The molecule has 0 bridgehead atoms. The SMILES string of the molecule is C=C/C(=C(/O)CN)c1cc(CNC(O)C2CCCN2)ccn1. The highest BCUT2D eigenvalue weighted by molar-refractivity contribution is 5.73. The molecule has 0 saturated carbocycles. The van der Waals surface area contributed by atoms with Crippen molar-refractivity contribution < 1.29 is 10.2 Å². The molecule has 22 heavy (non-hydrogen) atoms. The maximum absolute atomic E-state index is 10.1. The van der Waals surface area contributed by atoms with E-state index in [4.69, 9.17) is 5.73 Å². The van der Waals surface area contributed by atoms with Crippen LogP contribution in [-0.2, 0) is 6.54 Å². The van der Waals surface area contributed by atoms with Crippen molar-refractivity contribution in [2.24, 2.45) is 5.73 Å². The summed E-state index contributed by atoms with van der Waals surface area (Å²) in [7, 11) is 0. The Kier molecular flexibility index (Phi) is 6.09. The maximum Gasteiger partial charge on any atom is 0.120 e. The minimum atomic E-state index is -0.578. The van der Waals surface area contributed by atoms with Crippen molar-refractivity contribution in [3.8, 4) is 0 Å². The van der Waals surface area contributed by atoms with Gasteiger partial charge in [-0.15, -0.1) is 0 Å². The molecule has 2 rings (SSSR count). The van der Waals surface area contributed by atoms with Gasteiger partial charge in [0.05, 0.1) is 12.2 Å². The quantitative estimate of drug-likeness (QED) is 0.288. The van der Waals surface area contributed by atoms with E-state index in [0.717, 1.165) is 24.9 Å². The van der Waals surface area contributed by atoms with Crippen LogP contribution < -0.4 is 16.4 Å². The van der Waals surface area contributed by atoms with Gasteiger partial charge in [0, 0.05) is 24.4 Å². The number of aromatic nitrogens is 1. The largest absolute Gasteiger partial charge is 0.510 e. The zero-order valence-corrected chi connectivity index (χ0v) is 12.6. The topological polar surface area (TPSA) is 103 Å². The molecule has 6 nitrogen and oxygen atoms in total. The van der Waals surface area contributed by atoms with Crippen molar-refractivity contribution in [1.29, 1.82) is 0 Å². The number of hydrogen-bond donors (Lipinski definition) is 5. The number of allylic oxidation sites excluding steroid dienone is 2. The van der Waals surface area contributed by atoms with Crippen LogP contribution in [0.25, 0.3) is 5.57 Å². The molecule has 0 amide bonds. The molecule has 1 aliphatic rings. The Balaban J connectivity index is 2.03. The molecule has 1 saturated heterocycles. The molecule has 6 heteroatoms. The molecule has 6 N–H and O–H groups in total. The molecular weight excluding hydrogens is 280 g/mol. The van der Waals surface area contributed by atoms with Crippen LogP contribution in [0.15, 0.2) is 36.7 Å². The van der Waals surface area contributed by atoms with Crippen molar-refractivity contribution in [3.05, 3.63) is 48.0 Å². The second-order valence-corrected chi connectivity index (χ2v) is 5.35. The van der Waals surface area contributed by atoms with Gasteiger partial charge >= 0.3 is 0 Å². The lowest BCUT2D eigenvalue weighted by Crippen LogP contribution is -2.44. The zero-order valence-electron chi connectivity index (χ0n) is 12.6. The molecule has 120 valence electrons. The Morgan fingerprint density at radius 1 is 1.64 bits per heavy atom. The van der Waals surface area contributed by atoms with E-state index in [0.29, 0.717) is 17.8 Å². The number of hydrogen-bond acceptors (Lipinski definition) is 6. The Morgan fingerprint density at radius 3 is 3.09 bits per heavy atom. The Morgan fingerprint density at radius 2 is 2.45 bits per heavy atom. The summed E-state index contributed by atoms with van der Waals surface area (Å²) in [6.45, 7) is 5.19. The summed E-state index contributed by atoms with van der Waals surface area (Å²) >= 11 is 0. The lowest BCUT2D eigenvalue weighted by atomic mass is 10.1. The van der Waals surface area contributed by atoms with Gasteiger partial charge in [0.1, 0.15) is 12.0 Å². The fraction of sp³-hybridized carbons (Fsp3) is 0.438. The predicted molar refractivity (Wildman–Crippen MR) is 86.9 cm³/mol. The van der Waals surface area contributed by atoms with Crippen LogP contribution in [-0.4, -0.2) is 40.6 Å². The van der Waals surface area contributed by atoms with Crippen molar-refractivity contribution in [3.63, 3.8) is 0 Å². The number of pyridine rings is 1. The molecule has 0 spiro atoms. The smallest absolute Gasteiger partial charge is 0.120 e. The third kappa shape index (κ3) is 4.14. The average Bonchev–Trinajstić information content (AvgIpc) is 3.08. The second-order valence-electron chi connectivity index (χ2n) is 5.35. The van der Waals surface area contributed by atoms with Crippen LogP contribution in [0, 0.1) is 0 Å². The summed E-state index contributed by atoms with van der Waals surface area (Å²) in [5.41, 5.74) is 7.57. The highest BCUT2D eigenvalue weighted by atomic mass is 16.3. The number of nitrogens with two attached hydrogens (primary N) is 1. The van der Waals surface area contributed by atoms with E-state index in [1.165, 1.54) is 0 Å². The van der Waals surface area contributed by atoms with Crippen molar-refractivity contribution in [1.82, 2.24) is 15.6 Å². The molecule has 1 aromatic rings. The highest BCUT2D eigenvalue weighted by Gasteiger charge is 2.21. The minimum Gasteiger partial charge on any atom is -0.510 e. The van der Waals surface area contributed by atoms with Crippen LogP contribution >= 0.6 is 0 Å². The second kappa shape index (κ2) is 8.05. The molecule has 1 aliphatic heterocycles. The number of nitrogens with zero attached hydrogens (tertiary/aromatic N) is 1. The van der Waals surface area contributed by atoms with Crippen LogP contribution in [0.5, 0.6) is 0 Å². The van der Waals surface area contributed by atoms with Gasteiger partial charge in [-0.3, -0.25) is 10.3 Å². The molecule has 0 aromatic carbocycles. The summed E-state index contributed by atoms with van der Waals surface area (Å²) in [6.07, 6.45) is 4.70. The van der Waals surface area contributed by atoms with E-state index in [-0.39, 0.29) is 18.3 Å². The summed E-state index contributed by atoms with van der Waals surface area (Å²) in [5, 5.41) is 26.3. The molecule has 1 fully saturated rings. The minimum absolute atomic E-state index is 0.0393. The summed E-state index contributed by atoms with van der Waals surface area (Å²) < 4.78 is 0. The first-order valence-corrected chi connectivity index (χ1v) is 7.50. The van der Waals surface area contributed by atoms with Crippen molar-refractivity contribution in [2.75, 3.05) is 13.1 Å². The van der Waals surface area contributed by atoms with Gasteiger partial charge in [0.15, 0.2) is 0 Å². The number of rotatable bonds is 7. The van der Waals surface area contributed by atoms with Gasteiger partial charge in [-0.25, -0.2) is 0 Å². The van der Waals surface area contributed by atoms with Crippen LogP contribution in [0.2, 0.25) is 0 Å². The predicted octanol–water partition coefficient (Wildman–Crippen LogP) is 0.655. The lowest BCUT2D eigenvalue weighted by Gasteiger charge is -2.19. The molecule has 2 unspecified atom stereocenters. The standard InChI is InChI=1S/C16H24N4O2/c1-2-12(15(21)9-17)14-8-11(5-7-19-14)10-20-16(22)13-4-3-6-18-13/h2,5,7-8,13,16,18,20-22H,1,3-4,6,9-10,17H2/b15-12-. The summed E-state index contributed by atoms with van der Waals surface area (Å²) in [4.78, 5) is 4.24. The van der Waals surface area contributed by atoms with Gasteiger partial charge in [0.25, 0.3) is 0 Å². The van der Waals surface area contributed by atoms with E-state index in [1.807, 2.05) is 12.1 Å². The van der Waals surface area contributed by atoms with E-state index in [2.05, 4.69) is 22.2 Å². The maximum atomic E-state index is 10.1. The van der Waals surface area contributed by atoms with Gasteiger partial charge in [-0.1, -0.05) is 12.7 Å². The first-order valence-electron chi connectivity index (χ1n) is 7.50. The summed E-state index contributed by atoms with van der Waals surface area (Å²) in [5.74, 6) is 0.0581. The van der Waals surface area contributed by atoms with Gasteiger partial charge in [-0.05, 0) is 37.1 Å². The molecule has 1 aromatic heterocycles. The summed E-state index contributed by atoms with van der Waals surface area (Å²) in [6, 6.07) is 3.82. The van der Waals surface area contributed by atoms with Gasteiger partial charge in [0.2, 0.25) is 0 Å². The van der Waals surface area contributed by atoms with Crippen LogP contribution in [0.1, 0.15) is 24.1 Å². The van der Waals surface area contributed by atoms with Crippen molar-refractivity contribution in [2.45, 2.75) is 31.7 Å². The molecule has 0 radical (unpaired) electrons. The molecule has 0 aliphatic carbocycles. The van der Waals surface area contributed by atoms with Gasteiger partial charge in [-0.2, -0.15) is 0 Å². The molecule has 2 atom stereocenters. The third-order valence-corrected chi connectivity index (χ3v) is 3.80. The number of nitrogens with one attached hydrogen (secondary N) is 2. The van der Waals surface area contributed by atoms with Crippen LogP contribution in [0.4, 0.5) is 0 Å². The van der Waals surface area contributed by atoms with E-state index < -0.39 is 6.23 Å². The third-order valence-electron chi connectivity index (χ3n) is 3.80.